The molecule has 0 aliphatic carbocycles. The first-order chi connectivity index (χ1) is 12.1. The molecule has 5 nitrogen and oxygen atoms in total. The minimum atomic E-state index is -0.108. The van der Waals surface area contributed by atoms with Crippen LogP contribution < -0.4 is 5.32 Å². The molecule has 1 amide bonds. The second kappa shape index (κ2) is 8.19. The van der Waals surface area contributed by atoms with Crippen molar-refractivity contribution in [2.45, 2.75) is 51.7 Å². The van der Waals surface area contributed by atoms with Gasteiger partial charge in [0.05, 0.1) is 0 Å². The summed E-state index contributed by atoms with van der Waals surface area (Å²) in [7, 11) is 0. The first-order valence-corrected chi connectivity index (χ1v) is 9.56. The van der Waals surface area contributed by atoms with E-state index in [-0.39, 0.29) is 18.0 Å². The molecule has 1 atom stereocenters. The molecule has 2 heterocycles. The molecule has 0 aromatic heterocycles. The lowest BCUT2D eigenvalue weighted by Gasteiger charge is -2.31. The number of aliphatic hydroxyl groups is 1. The van der Waals surface area contributed by atoms with E-state index in [1.165, 1.54) is 5.56 Å². The molecule has 138 valence electrons. The van der Waals surface area contributed by atoms with Crippen molar-refractivity contribution >= 4 is 11.6 Å². The summed E-state index contributed by atoms with van der Waals surface area (Å²) >= 11 is 0. The van der Waals surface area contributed by atoms with E-state index in [1.54, 1.807) is 0 Å². The zero-order valence-corrected chi connectivity index (χ0v) is 15.4. The van der Waals surface area contributed by atoms with Crippen LogP contribution in [0.1, 0.15) is 38.7 Å². The minimum Gasteiger partial charge on any atom is -0.396 e. The molecule has 3 rings (SSSR count). The number of hydrogen-bond acceptors (Lipinski definition) is 4. The van der Waals surface area contributed by atoms with Crippen LogP contribution in [0.3, 0.4) is 0 Å². The second-order valence-corrected chi connectivity index (χ2v) is 7.67. The van der Waals surface area contributed by atoms with Gasteiger partial charge >= 0.3 is 0 Å². The van der Waals surface area contributed by atoms with Crippen LogP contribution in [0.5, 0.6) is 0 Å². The third-order valence-electron chi connectivity index (χ3n) is 5.57. The average molecular weight is 345 g/mol. The number of aliphatic hydroxyl groups excluding tert-OH is 1. The number of nitrogens with one attached hydrogen (secondary N) is 1. The number of amides is 1. The quantitative estimate of drug-likeness (QED) is 0.831. The van der Waals surface area contributed by atoms with Crippen molar-refractivity contribution in [1.29, 1.82) is 0 Å². The topological polar surface area (TPSA) is 55.8 Å². The molecular weight excluding hydrogens is 314 g/mol. The molecule has 2 saturated heterocycles. The molecule has 0 saturated carbocycles. The molecule has 1 aromatic carbocycles. The van der Waals surface area contributed by atoms with Gasteiger partial charge in [-0.15, -0.1) is 0 Å². The predicted molar refractivity (Wildman–Crippen MR) is 100 cm³/mol. The summed E-state index contributed by atoms with van der Waals surface area (Å²) in [6.45, 7) is 8.25. The van der Waals surface area contributed by atoms with Crippen LogP contribution in [0.4, 0.5) is 5.69 Å². The molecule has 5 heteroatoms. The number of benzene rings is 1. The molecule has 1 unspecified atom stereocenters. The largest absolute Gasteiger partial charge is 0.396 e. The average Bonchev–Trinajstić information content (AvgIpc) is 2.98. The van der Waals surface area contributed by atoms with Gasteiger partial charge in [0.2, 0.25) is 5.91 Å². The first-order valence-electron chi connectivity index (χ1n) is 9.56. The highest BCUT2D eigenvalue weighted by Gasteiger charge is 2.33. The summed E-state index contributed by atoms with van der Waals surface area (Å²) in [4.78, 5) is 17.0. The molecule has 2 aliphatic rings. The van der Waals surface area contributed by atoms with Gasteiger partial charge in [0, 0.05) is 31.4 Å². The van der Waals surface area contributed by atoms with Gasteiger partial charge in [-0.05, 0) is 63.7 Å². The van der Waals surface area contributed by atoms with Gasteiger partial charge in [-0.25, -0.2) is 0 Å². The summed E-state index contributed by atoms with van der Waals surface area (Å²) in [5.41, 5.74) is 2.33. The number of hydrogen-bond donors (Lipinski definition) is 2. The van der Waals surface area contributed by atoms with Crippen molar-refractivity contribution in [3.05, 3.63) is 29.8 Å². The Morgan fingerprint density at radius 3 is 2.52 bits per heavy atom. The highest BCUT2D eigenvalue weighted by atomic mass is 16.3. The molecule has 2 fully saturated rings. The molecular formula is C20H31N3O2. The Balaban J connectivity index is 1.63. The maximum Gasteiger partial charge on any atom is 0.245 e. The number of nitrogens with zero attached hydrogens (tertiary/aromatic N) is 2. The van der Waals surface area contributed by atoms with E-state index in [1.807, 2.05) is 11.0 Å². The van der Waals surface area contributed by atoms with Crippen molar-refractivity contribution in [1.82, 2.24) is 9.80 Å². The lowest BCUT2D eigenvalue weighted by atomic mass is 9.97. The van der Waals surface area contributed by atoms with E-state index in [2.05, 4.69) is 42.3 Å². The number of anilines is 1. The number of piperidine rings is 1. The maximum absolute atomic E-state index is 12.6. The summed E-state index contributed by atoms with van der Waals surface area (Å²) in [6.07, 6.45) is 3.00. The number of likely N-dealkylation sites (tertiary alicyclic amines) is 2. The second-order valence-electron chi connectivity index (χ2n) is 7.67. The van der Waals surface area contributed by atoms with E-state index in [0.717, 1.165) is 51.1 Å². The summed E-state index contributed by atoms with van der Waals surface area (Å²) < 4.78 is 0. The minimum absolute atomic E-state index is 0.108. The maximum atomic E-state index is 12.6. The van der Waals surface area contributed by atoms with Crippen molar-refractivity contribution < 1.29 is 9.90 Å². The third-order valence-corrected chi connectivity index (χ3v) is 5.57. The fourth-order valence-electron chi connectivity index (χ4n) is 3.90. The third kappa shape index (κ3) is 4.33. The van der Waals surface area contributed by atoms with E-state index in [9.17, 15) is 9.90 Å². The Bertz CT molecular complexity index is 582. The van der Waals surface area contributed by atoms with Crippen molar-refractivity contribution in [3.8, 4) is 0 Å². The lowest BCUT2D eigenvalue weighted by molar-refractivity contribution is -0.129. The molecule has 25 heavy (non-hydrogen) atoms. The first kappa shape index (κ1) is 18.2. The van der Waals surface area contributed by atoms with Crippen LogP contribution in [0, 0.1) is 5.92 Å². The number of rotatable bonds is 6. The Morgan fingerprint density at radius 2 is 1.88 bits per heavy atom. The van der Waals surface area contributed by atoms with Gasteiger partial charge in [0.25, 0.3) is 0 Å². The Hall–Kier alpha value is -1.59. The molecule has 2 N–H and O–H groups in total. The zero-order valence-electron chi connectivity index (χ0n) is 15.4. The van der Waals surface area contributed by atoms with E-state index >= 15 is 0 Å². The van der Waals surface area contributed by atoms with E-state index in [0.29, 0.717) is 12.5 Å². The highest BCUT2D eigenvalue weighted by Crippen LogP contribution is 2.25. The van der Waals surface area contributed by atoms with Crippen molar-refractivity contribution in [2.75, 3.05) is 31.6 Å². The Labute approximate surface area is 151 Å². The van der Waals surface area contributed by atoms with Gasteiger partial charge < -0.3 is 15.3 Å². The molecule has 2 aliphatic heterocycles. The smallest absolute Gasteiger partial charge is 0.245 e. The summed E-state index contributed by atoms with van der Waals surface area (Å²) in [5.74, 6) is 0.677. The van der Waals surface area contributed by atoms with Crippen LogP contribution in [0.2, 0.25) is 0 Å². The van der Waals surface area contributed by atoms with Gasteiger partial charge in [0.15, 0.2) is 0 Å². The lowest BCUT2D eigenvalue weighted by Crippen LogP contribution is -2.38. The fourth-order valence-corrected chi connectivity index (χ4v) is 3.90. The number of carbonyl (C=O) groups is 1. The van der Waals surface area contributed by atoms with Gasteiger partial charge in [-0.3, -0.25) is 9.69 Å². The van der Waals surface area contributed by atoms with Crippen LogP contribution in [-0.2, 0) is 11.3 Å². The monoisotopic (exact) mass is 345 g/mol. The Kier molecular flexibility index (Phi) is 5.97. The highest BCUT2D eigenvalue weighted by molar-refractivity contribution is 5.87. The summed E-state index contributed by atoms with van der Waals surface area (Å²) in [6, 6.07) is 8.49. The SMILES string of the molecule is CC(C)N1CCC(Nc2ccccc2CN2CCC(CO)CC2)C1=O. The number of carbonyl (C=O) groups excluding carboxylic acids is 1. The van der Waals surface area contributed by atoms with Crippen LogP contribution in [0.15, 0.2) is 24.3 Å². The zero-order chi connectivity index (χ0) is 17.8. The fraction of sp³-hybridized carbons (Fsp3) is 0.650. The van der Waals surface area contributed by atoms with Gasteiger partial charge in [-0.1, -0.05) is 18.2 Å². The van der Waals surface area contributed by atoms with Crippen LogP contribution in [-0.4, -0.2) is 59.1 Å². The molecule has 0 bridgehead atoms. The molecule has 0 spiro atoms. The number of para-hydroxylation sites is 1. The van der Waals surface area contributed by atoms with Crippen LogP contribution in [0.25, 0.3) is 0 Å². The molecule has 1 aromatic rings. The van der Waals surface area contributed by atoms with Gasteiger partial charge in [-0.2, -0.15) is 0 Å². The van der Waals surface area contributed by atoms with E-state index < -0.39 is 0 Å². The summed E-state index contributed by atoms with van der Waals surface area (Å²) in [5, 5.41) is 12.8. The predicted octanol–water partition coefficient (Wildman–Crippen LogP) is 2.31. The molecule has 0 radical (unpaired) electrons. The standard InChI is InChI=1S/C20H31N3O2/c1-15(2)23-12-9-19(20(23)25)21-18-6-4-3-5-17(18)13-22-10-7-16(14-24)8-11-22/h3-6,15-16,19,21,24H,7-14H2,1-2H3. The Morgan fingerprint density at radius 1 is 1.16 bits per heavy atom. The normalized spacial score (nSPS) is 22.8. The van der Waals surface area contributed by atoms with Gasteiger partial charge in [0.1, 0.15) is 6.04 Å². The van der Waals surface area contributed by atoms with Crippen LogP contribution >= 0.6 is 0 Å². The van der Waals surface area contributed by atoms with Crippen molar-refractivity contribution in [3.63, 3.8) is 0 Å². The van der Waals surface area contributed by atoms with Crippen molar-refractivity contribution in [2.24, 2.45) is 5.92 Å². The van der Waals surface area contributed by atoms with E-state index in [4.69, 9.17) is 0 Å².